The molecule has 0 aliphatic heterocycles. The number of anilines is 2. The molecule has 1 aromatic heterocycles. The molecule has 0 unspecified atom stereocenters. The van der Waals surface area contributed by atoms with Gasteiger partial charge in [0.1, 0.15) is 0 Å². The normalized spacial score (nSPS) is 13.5. The lowest BCUT2D eigenvalue weighted by atomic mass is 10.1. The van der Waals surface area contributed by atoms with Gasteiger partial charge in [-0.25, -0.2) is 4.68 Å². The molecule has 4 rings (SSSR count). The molecule has 1 saturated carbocycles. The summed E-state index contributed by atoms with van der Waals surface area (Å²) in [6.45, 7) is 0. The number of carbonyl (C=O) groups excluding carboxylic acids is 1. The standard InChI is InChI=1S/C19H20N6O/c1-24(2)17-8-4-6-14(12-17)19(26)20-15-7-3-5-13(11-15)18-21-22-23-25(18)16-9-10-16/h3-8,11-12,16H,9-10H2,1-2H3,(H,20,26). The van der Waals surface area contributed by atoms with Crippen molar-refractivity contribution in [1.29, 1.82) is 0 Å². The zero-order valence-electron chi connectivity index (χ0n) is 14.8. The molecule has 0 radical (unpaired) electrons. The maximum absolute atomic E-state index is 12.6. The summed E-state index contributed by atoms with van der Waals surface area (Å²) in [6, 6.07) is 15.5. The van der Waals surface area contributed by atoms with Gasteiger partial charge in [-0.3, -0.25) is 4.79 Å². The van der Waals surface area contributed by atoms with Gasteiger partial charge < -0.3 is 10.2 Å². The number of tetrazole rings is 1. The second-order valence-corrected chi connectivity index (χ2v) is 6.66. The van der Waals surface area contributed by atoms with Crippen LogP contribution >= 0.6 is 0 Å². The van der Waals surface area contributed by atoms with Crippen LogP contribution in [-0.2, 0) is 0 Å². The largest absolute Gasteiger partial charge is 0.378 e. The number of nitrogens with one attached hydrogen (secondary N) is 1. The van der Waals surface area contributed by atoms with Gasteiger partial charge in [0.2, 0.25) is 0 Å². The Morgan fingerprint density at radius 2 is 1.96 bits per heavy atom. The summed E-state index contributed by atoms with van der Waals surface area (Å²) < 4.78 is 1.86. The van der Waals surface area contributed by atoms with Gasteiger partial charge in [0.15, 0.2) is 5.82 Å². The van der Waals surface area contributed by atoms with Crippen LogP contribution in [-0.4, -0.2) is 40.2 Å². The number of nitrogens with zero attached hydrogens (tertiary/aromatic N) is 5. The number of hydrogen-bond donors (Lipinski definition) is 1. The fourth-order valence-electron chi connectivity index (χ4n) is 2.81. The van der Waals surface area contributed by atoms with E-state index in [0.717, 1.165) is 29.9 Å². The highest BCUT2D eigenvalue weighted by Crippen LogP contribution is 2.36. The van der Waals surface area contributed by atoms with Crippen LogP contribution < -0.4 is 10.2 Å². The van der Waals surface area contributed by atoms with Gasteiger partial charge in [0.25, 0.3) is 5.91 Å². The smallest absolute Gasteiger partial charge is 0.255 e. The molecule has 0 saturated heterocycles. The first-order valence-corrected chi connectivity index (χ1v) is 8.59. The van der Waals surface area contributed by atoms with Crippen molar-refractivity contribution in [3.63, 3.8) is 0 Å². The van der Waals surface area contributed by atoms with Crippen LogP contribution in [0.5, 0.6) is 0 Å². The maximum Gasteiger partial charge on any atom is 0.255 e. The Labute approximate surface area is 151 Å². The Balaban J connectivity index is 1.56. The highest BCUT2D eigenvalue weighted by molar-refractivity contribution is 6.05. The lowest BCUT2D eigenvalue weighted by molar-refractivity contribution is 0.102. The number of hydrogen-bond acceptors (Lipinski definition) is 5. The van der Waals surface area contributed by atoms with Crippen LogP contribution in [0.25, 0.3) is 11.4 Å². The minimum Gasteiger partial charge on any atom is -0.378 e. The van der Waals surface area contributed by atoms with Crippen molar-refractivity contribution in [3.8, 4) is 11.4 Å². The Morgan fingerprint density at radius 3 is 2.73 bits per heavy atom. The average molecular weight is 348 g/mol. The Hall–Kier alpha value is -3.22. The second-order valence-electron chi connectivity index (χ2n) is 6.66. The molecule has 0 atom stereocenters. The van der Waals surface area contributed by atoms with Gasteiger partial charge in [0.05, 0.1) is 6.04 Å². The van der Waals surface area contributed by atoms with Crippen molar-refractivity contribution < 1.29 is 4.79 Å². The lowest BCUT2D eigenvalue weighted by Crippen LogP contribution is -2.14. The van der Waals surface area contributed by atoms with E-state index in [1.54, 1.807) is 6.07 Å². The number of benzene rings is 2. The molecule has 3 aromatic rings. The van der Waals surface area contributed by atoms with Crippen LogP contribution in [0.3, 0.4) is 0 Å². The molecule has 7 heteroatoms. The van der Waals surface area contributed by atoms with Crippen LogP contribution in [0, 0.1) is 0 Å². The molecule has 0 bridgehead atoms. The van der Waals surface area contributed by atoms with E-state index in [2.05, 4.69) is 20.8 Å². The van der Waals surface area contributed by atoms with E-state index in [1.165, 1.54) is 0 Å². The van der Waals surface area contributed by atoms with Crippen LogP contribution in [0.2, 0.25) is 0 Å². The molecule has 2 aromatic carbocycles. The molecule has 26 heavy (non-hydrogen) atoms. The quantitative estimate of drug-likeness (QED) is 0.767. The highest BCUT2D eigenvalue weighted by Gasteiger charge is 2.28. The third kappa shape index (κ3) is 3.28. The molecule has 1 fully saturated rings. The van der Waals surface area contributed by atoms with Crippen molar-refractivity contribution >= 4 is 17.3 Å². The zero-order chi connectivity index (χ0) is 18.1. The van der Waals surface area contributed by atoms with Crippen molar-refractivity contribution in [2.24, 2.45) is 0 Å². The van der Waals surface area contributed by atoms with E-state index >= 15 is 0 Å². The van der Waals surface area contributed by atoms with Crippen molar-refractivity contribution in [1.82, 2.24) is 20.2 Å². The third-order valence-electron chi connectivity index (χ3n) is 4.39. The van der Waals surface area contributed by atoms with Crippen molar-refractivity contribution in [3.05, 3.63) is 54.1 Å². The zero-order valence-corrected chi connectivity index (χ0v) is 14.8. The Morgan fingerprint density at radius 1 is 1.15 bits per heavy atom. The predicted molar refractivity (Wildman–Crippen MR) is 100 cm³/mol. The van der Waals surface area contributed by atoms with Gasteiger partial charge in [-0.1, -0.05) is 18.2 Å². The second kappa shape index (κ2) is 6.59. The molecule has 7 nitrogen and oxygen atoms in total. The van der Waals surface area contributed by atoms with Gasteiger partial charge >= 0.3 is 0 Å². The molecular formula is C19H20N6O. The molecule has 0 spiro atoms. The third-order valence-corrected chi connectivity index (χ3v) is 4.39. The van der Waals surface area contributed by atoms with Gasteiger partial charge in [-0.15, -0.1) is 5.10 Å². The summed E-state index contributed by atoms with van der Waals surface area (Å²) >= 11 is 0. The van der Waals surface area contributed by atoms with Gasteiger partial charge in [-0.2, -0.15) is 0 Å². The number of rotatable bonds is 5. The van der Waals surface area contributed by atoms with Gasteiger partial charge in [0, 0.05) is 36.6 Å². The molecule has 1 aliphatic carbocycles. The van der Waals surface area contributed by atoms with E-state index in [0.29, 0.717) is 17.3 Å². The molecule has 1 amide bonds. The SMILES string of the molecule is CN(C)c1cccc(C(=O)Nc2cccc(-c3nnnn3C3CC3)c2)c1. The fourth-order valence-corrected chi connectivity index (χ4v) is 2.81. The molecule has 1 N–H and O–H groups in total. The van der Waals surface area contributed by atoms with Crippen LogP contribution in [0.4, 0.5) is 11.4 Å². The van der Waals surface area contributed by atoms with E-state index < -0.39 is 0 Å². The number of carbonyl (C=O) groups is 1. The first-order valence-electron chi connectivity index (χ1n) is 8.59. The summed E-state index contributed by atoms with van der Waals surface area (Å²) in [7, 11) is 3.90. The highest BCUT2D eigenvalue weighted by atomic mass is 16.1. The summed E-state index contributed by atoms with van der Waals surface area (Å²) in [6.07, 6.45) is 2.22. The first-order chi connectivity index (χ1) is 12.6. The fraction of sp³-hybridized carbons (Fsp3) is 0.263. The van der Waals surface area contributed by atoms with Crippen molar-refractivity contribution in [2.45, 2.75) is 18.9 Å². The summed E-state index contributed by atoms with van der Waals surface area (Å²) in [5, 5.41) is 15.0. The summed E-state index contributed by atoms with van der Waals surface area (Å²) in [4.78, 5) is 14.6. The van der Waals surface area contributed by atoms with Crippen molar-refractivity contribution in [2.75, 3.05) is 24.3 Å². The molecule has 132 valence electrons. The van der Waals surface area contributed by atoms with E-state index in [9.17, 15) is 4.79 Å². The van der Waals surface area contributed by atoms with Gasteiger partial charge in [-0.05, 0) is 53.6 Å². The number of amides is 1. The minimum absolute atomic E-state index is 0.146. The Kier molecular flexibility index (Phi) is 4.12. The van der Waals surface area contributed by atoms with E-state index in [1.807, 2.05) is 66.1 Å². The molecule has 1 heterocycles. The lowest BCUT2D eigenvalue weighted by Gasteiger charge is -2.13. The van der Waals surface area contributed by atoms with Crippen LogP contribution in [0.1, 0.15) is 29.2 Å². The monoisotopic (exact) mass is 348 g/mol. The molecule has 1 aliphatic rings. The predicted octanol–water partition coefficient (Wildman–Crippen LogP) is 2.99. The topological polar surface area (TPSA) is 75.9 Å². The average Bonchev–Trinajstić information content (AvgIpc) is 3.38. The van der Waals surface area contributed by atoms with Crippen LogP contribution in [0.15, 0.2) is 48.5 Å². The summed E-state index contributed by atoms with van der Waals surface area (Å²) in [5.41, 5.74) is 3.20. The minimum atomic E-state index is -0.146. The maximum atomic E-state index is 12.6. The van der Waals surface area contributed by atoms with E-state index in [4.69, 9.17) is 0 Å². The molecular weight excluding hydrogens is 328 g/mol. The first kappa shape index (κ1) is 16.3. The number of aromatic nitrogens is 4. The summed E-state index contributed by atoms with van der Waals surface area (Å²) in [5.74, 6) is 0.589. The Bertz CT molecular complexity index is 944. The van der Waals surface area contributed by atoms with E-state index in [-0.39, 0.29) is 5.91 Å².